The summed E-state index contributed by atoms with van der Waals surface area (Å²) >= 11 is 1.16. The molecule has 0 bridgehead atoms. The average molecular weight is 394 g/mol. The Morgan fingerprint density at radius 3 is 2.54 bits per heavy atom. The van der Waals surface area contributed by atoms with E-state index in [4.69, 9.17) is 5.11 Å². The standard InChI is InChI=1S/C17H18N2O5S2/c20-16(18-14-7-5-12(6-8-14)17(21)22)13-3-1-9-19(11-13)26(23,24)15-4-2-10-25-15/h2,4-8,10,13H,1,3,9,11H2,(H,18,20)(H,21,22)/t13-/m0/s1. The number of carbonyl (C=O) groups excluding carboxylic acids is 1. The highest BCUT2D eigenvalue weighted by molar-refractivity contribution is 7.91. The van der Waals surface area contributed by atoms with E-state index in [0.29, 0.717) is 25.1 Å². The molecule has 138 valence electrons. The summed E-state index contributed by atoms with van der Waals surface area (Å²) in [4.78, 5) is 23.4. The molecule has 26 heavy (non-hydrogen) atoms. The van der Waals surface area contributed by atoms with E-state index in [0.717, 1.165) is 11.3 Å². The first kappa shape index (κ1) is 18.6. The quantitative estimate of drug-likeness (QED) is 0.811. The van der Waals surface area contributed by atoms with Crippen molar-refractivity contribution in [1.82, 2.24) is 4.31 Å². The van der Waals surface area contributed by atoms with Gasteiger partial charge in [0.2, 0.25) is 5.91 Å². The lowest BCUT2D eigenvalue weighted by molar-refractivity contribution is -0.120. The summed E-state index contributed by atoms with van der Waals surface area (Å²) in [6, 6.07) is 9.10. The van der Waals surface area contributed by atoms with Crippen LogP contribution in [0, 0.1) is 5.92 Å². The van der Waals surface area contributed by atoms with Crippen LogP contribution in [0.25, 0.3) is 0 Å². The topological polar surface area (TPSA) is 104 Å². The van der Waals surface area contributed by atoms with Crippen molar-refractivity contribution in [2.45, 2.75) is 17.1 Å². The van der Waals surface area contributed by atoms with Gasteiger partial charge in [-0.15, -0.1) is 11.3 Å². The van der Waals surface area contributed by atoms with E-state index in [1.54, 1.807) is 17.5 Å². The molecule has 0 radical (unpaired) electrons. The van der Waals surface area contributed by atoms with E-state index in [-0.39, 0.29) is 22.2 Å². The molecule has 0 aliphatic carbocycles. The van der Waals surface area contributed by atoms with Gasteiger partial charge in [0.15, 0.2) is 0 Å². The molecular formula is C17H18N2O5S2. The third kappa shape index (κ3) is 3.95. The van der Waals surface area contributed by atoms with E-state index in [2.05, 4.69) is 5.32 Å². The number of carbonyl (C=O) groups is 2. The SMILES string of the molecule is O=C(O)c1ccc(NC(=O)[C@H]2CCCN(S(=O)(=O)c3cccs3)C2)cc1. The highest BCUT2D eigenvalue weighted by Gasteiger charge is 2.33. The molecule has 3 rings (SSSR count). The number of aromatic carboxylic acids is 1. The zero-order chi connectivity index (χ0) is 18.7. The molecule has 7 nitrogen and oxygen atoms in total. The lowest BCUT2D eigenvalue weighted by atomic mass is 9.98. The highest BCUT2D eigenvalue weighted by Crippen LogP contribution is 2.27. The van der Waals surface area contributed by atoms with Crippen molar-refractivity contribution in [3.8, 4) is 0 Å². The number of hydrogen-bond acceptors (Lipinski definition) is 5. The van der Waals surface area contributed by atoms with Crippen molar-refractivity contribution in [3.05, 3.63) is 47.3 Å². The number of amides is 1. The molecule has 1 atom stereocenters. The second kappa shape index (κ2) is 7.56. The zero-order valence-corrected chi connectivity index (χ0v) is 15.4. The van der Waals surface area contributed by atoms with Gasteiger partial charge in [-0.1, -0.05) is 6.07 Å². The van der Waals surface area contributed by atoms with Gasteiger partial charge in [0.1, 0.15) is 4.21 Å². The lowest BCUT2D eigenvalue weighted by Crippen LogP contribution is -2.43. The molecule has 1 aromatic heterocycles. The molecule has 2 N–H and O–H groups in total. The normalized spacial score (nSPS) is 18.4. The molecule has 2 aromatic rings. The fraction of sp³-hybridized carbons (Fsp3) is 0.294. The van der Waals surface area contributed by atoms with Crippen LogP contribution in [0.5, 0.6) is 0 Å². The number of sulfonamides is 1. The Hall–Kier alpha value is -2.23. The van der Waals surface area contributed by atoms with Crippen LogP contribution in [0.15, 0.2) is 46.0 Å². The van der Waals surface area contributed by atoms with Crippen molar-refractivity contribution >= 4 is 38.9 Å². The second-order valence-electron chi connectivity index (χ2n) is 6.01. The smallest absolute Gasteiger partial charge is 0.335 e. The Bertz CT molecular complexity index is 892. The molecule has 0 unspecified atom stereocenters. The number of nitrogens with zero attached hydrogens (tertiary/aromatic N) is 1. The van der Waals surface area contributed by atoms with Crippen LogP contribution >= 0.6 is 11.3 Å². The third-order valence-corrected chi connectivity index (χ3v) is 7.48. The molecule has 1 fully saturated rings. The lowest BCUT2D eigenvalue weighted by Gasteiger charge is -2.30. The fourth-order valence-corrected chi connectivity index (χ4v) is 5.52. The van der Waals surface area contributed by atoms with Crippen LogP contribution in [-0.2, 0) is 14.8 Å². The predicted molar refractivity (Wildman–Crippen MR) is 97.8 cm³/mol. The summed E-state index contributed by atoms with van der Waals surface area (Å²) in [5.74, 6) is -1.75. The van der Waals surface area contributed by atoms with Gasteiger partial charge in [0, 0.05) is 18.8 Å². The molecule has 1 aromatic carbocycles. The first-order valence-corrected chi connectivity index (χ1v) is 10.4. The van der Waals surface area contributed by atoms with Gasteiger partial charge in [-0.25, -0.2) is 13.2 Å². The van der Waals surface area contributed by atoms with E-state index >= 15 is 0 Å². The second-order valence-corrected chi connectivity index (χ2v) is 9.12. The molecule has 1 aliphatic heterocycles. The average Bonchev–Trinajstić information content (AvgIpc) is 3.18. The summed E-state index contributed by atoms with van der Waals surface area (Å²) in [6.07, 6.45) is 1.22. The Balaban J connectivity index is 1.67. The number of thiophene rings is 1. The summed E-state index contributed by atoms with van der Waals surface area (Å²) in [7, 11) is -3.57. The van der Waals surface area contributed by atoms with Crippen molar-refractivity contribution in [3.63, 3.8) is 0 Å². The minimum atomic E-state index is -3.57. The number of benzene rings is 1. The number of rotatable bonds is 5. The van der Waals surface area contributed by atoms with Crippen LogP contribution in [0.4, 0.5) is 5.69 Å². The molecule has 0 saturated carbocycles. The summed E-state index contributed by atoms with van der Waals surface area (Å²) in [5, 5.41) is 13.3. The zero-order valence-electron chi connectivity index (χ0n) is 13.8. The number of hydrogen-bond donors (Lipinski definition) is 2. The number of carboxylic acid groups (broad SMARTS) is 1. The van der Waals surface area contributed by atoms with Crippen molar-refractivity contribution in [2.24, 2.45) is 5.92 Å². The van der Waals surface area contributed by atoms with Gasteiger partial charge in [0.05, 0.1) is 11.5 Å². The Kier molecular flexibility index (Phi) is 5.40. The number of piperidine rings is 1. The van der Waals surface area contributed by atoms with Crippen molar-refractivity contribution in [2.75, 3.05) is 18.4 Å². The van der Waals surface area contributed by atoms with E-state index in [1.807, 2.05) is 0 Å². The summed E-state index contributed by atoms with van der Waals surface area (Å²) in [5.41, 5.74) is 0.618. The molecule has 9 heteroatoms. The Labute approximate surface area is 155 Å². The van der Waals surface area contributed by atoms with Crippen LogP contribution in [0.2, 0.25) is 0 Å². The number of anilines is 1. The molecule has 1 saturated heterocycles. The van der Waals surface area contributed by atoms with Gasteiger partial charge < -0.3 is 10.4 Å². The monoisotopic (exact) mass is 394 g/mol. The first-order chi connectivity index (χ1) is 12.4. The van der Waals surface area contributed by atoms with Gasteiger partial charge in [-0.05, 0) is 48.6 Å². The number of carboxylic acids is 1. The maximum atomic E-state index is 12.6. The minimum Gasteiger partial charge on any atom is -0.478 e. The third-order valence-electron chi connectivity index (χ3n) is 4.24. The van der Waals surface area contributed by atoms with Gasteiger partial charge in [0.25, 0.3) is 10.0 Å². The first-order valence-electron chi connectivity index (χ1n) is 8.06. The number of nitrogens with one attached hydrogen (secondary N) is 1. The summed E-state index contributed by atoms with van der Waals surface area (Å²) < 4.78 is 26.9. The van der Waals surface area contributed by atoms with Crippen LogP contribution < -0.4 is 5.32 Å². The largest absolute Gasteiger partial charge is 0.478 e. The maximum absolute atomic E-state index is 12.6. The van der Waals surface area contributed by atoms with E-state index < -0.39 is 21.9 Å². The maximum Gasteiger partial charge on any atom is 0.335 e. The minimum absolute atomic E-state index is 0.133. The Morgan fingerprint density at radius 2 is 1.92 bits per heavy atom. The molecule has 1 amide bonds. The molecule has 0 spiro atoms. The predicted octanol–water partition coefficient (Wildman–Crippen LogP) is 2.49. The van der Waals surface area contributed by atoms with Crippen LogP contribution in [0.3, 0.4) is 0 Å². The van der Waals surface area contributed by atoms with Crippen molar-refractivity contribution < 1.29 is 23.1 Å². The molecule has 2 heterocycles. The van der Waals surface area contributed by atoms with Crippen molar-refractivity contribution in [1.29, 1.82) is 0 Å². The molecule has 1 aliphatic rings. The van der Waals surface area contributed by atoms with Crippen LogP contribution in [-0.4, -0.2) is 42.8 Å². The Morgan fingerprint density at radius 1 is 1.19 bits per heavy atom. The fourth-order valence-electron chi connectivity index (χ4n) is 2.85. The highest BCUT2D eigenvalue weighted by atomic mass is 32.2. The molecular weight excluding hydrogens is 376 g/mol. The van der Waals surface area contributed by atoms with E-state index in [9.17, 15) is 18.0 Å². The van der Waals surface area contributed by atoms with Gasteiger partial charge in [-0.2, -0.15) is 4.31 Å². The van der Waals surface area contributed by atoms with E-state index in [1.165, 1.54) is 28.6 Å². The van der Waals surface area contributed by atoms with Gasteiger partial charge >= 0.3 is 5.97 Å². The summed E-state index contributed by atoms with van der Waals surface area (Å²) in [6.45, 7) is 0.538. The van der Waals surface area contributed by atoms with Crippen LogP contribution in [0.1, 0.15) is 23.2 Å². The van der Waals surface area contributed by atoms with Gasteiger partial charge in [-0.3, -0.25) is 4.79 Å².